The smallest absolute Gasteiger partial charge is 0.449 e. The summed E-state index contributed by atoms with van der Waals surface area (Å²) in [5, 5.41) is 11.2. The van der Waals surface area contributed by atoms with Crippen molar-refractivity contribution in [1.29, 1.82) is 0 Å². The van der Waals surface area contributed by atoms with E-state index in [4.69, 9.17) is 5.11 Å². The standard InChI is InChI=1S/C11H16N2O4/c1-7-6-10(17-11(15)16)8(2)13(7)5-4-12-9(3)14/h6H,4-5H2,1-3H3,(H,12,14)(H,15,16). The molecule has 1 aromatic rings. The first-order chi connectivity index (χ1) is 7.91. The van der Waals surface area contributed by atoms with Crippen molar-refractivity contribution < 1.29 is 19.4 Å². The number of carboxylic acid groups (broad SMARTS) is 1. The normalized spacial score (nSPS) is 10.1. The molecule has 0 aromatic carbocycles. The van der Waals surface area contributed by atoms with E-state index in [0.717, 1.165) is 11.4 Å². The van der Waals surface area contributed by atoms with Crippen LogP contribution in [-0.4, -0.2) is 28.3 Å². The molecule has 6 nitrogen and oxygen atoms in total. The van der Waals surface area contributed by atoms with Crippen molar-refractivity contribution in [2.24, 2.45) is 0 Å². The number of aryl methyl sites for hydroxylation is 1. The van der Waals surface area contributed by atoms with E-state index in [-0.39, 0.29) is 5.91 Å². The fraction of sp³-hybridized carbons (Fsp3) is 0.455. The number of nitrogens with zero attached hydrogens (tertiary/aromatic N) is 1. The van der Waals surface area contributed by atoms with Gasteiger partial charge in [-0.15, -0.1) is 0 Å². The zero-order chi connectivity index (χ0) is 13.0. The van der Waals surface area contributed by atoms with Crippen LogP contribution in [0.1, 0.15) is 18.3 Å². The molecule has 0 atom stereocenters. The zero-order valence-electron chi connectivity index (χ0n) is 10.1. The maximum absolute atomic E-state index is 10.7. The van der Waals surface area contributed by atoms with Gasteiger partial charge in [-0.05, 0) is 13.8 Å². The molecule has 0 saturated carbocycles. The van der Waals surface area contributed by atoms with Gasteiger partial charge in [0.15, 0.2) is 5.75 Å². The minimum atomic E-state index is -1.33. The van der Waals surface area contributed by atoms with Gasteiger partial charge < -0.3 is 19.7 Å². The molecule has 0 aliphatic carbocycles. The third-order valence-corrected chi connectivity index (χ3v) is 2.43. The number of hydrogen-bond acceptors (Lipinski definition) is 3. The molecule has 2 N–H and O–H groups in total. The summed E-state index contributed by atoms with van der Waals surface area (Å²) in [6.07, 6.45) is -1.33. The number of carbonyl (C=O) groups excluding carboxylic acids is 1. The lowest BCUT2D eigenvalue weighted by molar-refractivity contribution is -0.118. The zero-order valence-corrected chi connectivity index (χ0v) is 10.1. The molecule has 0 saturated heterocycles. The van der Waals surface area contributed by atoms with E-state index in [2.05, 4.69) is 10.1 Å². The highest BCUT2D eigenvalue weighted by atomic mass is 16.7. The maximum atomic E-state index is 10.7. The highest BCUT2D eigenvalue weighted by Crippen LogP contribution is 2.22. The van der Waals surface area contributed by atoms with Crippen molar-refractivity contribution in [2.75, 3.05) is 6.54 Å². The molecular weight excluding hydrogens is 224 g/mol. The highest BCUT2D eigenvalue weighted by molar-refractivity contribution is 5.72. The second kappa shape index (κ2) is 5.38. The summed E-state index contributed by atoms with van der Waals surface area (Å²) >= 11 is 0. The Labute approximate surface area is 99.2 Å². The predicted molar refractivity (Wildman–Crippen MR) is 61.2 cm³/mol. The Morgan fingerprint density at radius 2 is 2.12 bits per heavy atom. The number of carbonyl (C=O) groups is 2. The molecule has 6 heteroatoms. The minimum absolute atomic E-state index is 0.0885. The van der Waals surface area contributed by atoms with Gasteiger partial charge in [0.2, 0.25) is 5.91 Å². The van der Waals surface area contributed by atoms with Crippen LogP contribution in [-0.2, 0) is 11.3 Å². The molecule has 0 spiro atoms. The fourth-order valence-corrected chi connectivity index (χ4v) is 1.65. The number of aromatic nitrogens is 1. The fourth-order valence-electron chi connectivity index (χ4n) is 1.65. The van der Waals surface area contributed by atoms with E-state index in [1.165, 1.54) is 6.92 Å². The van der Waals surface area contributed by atoms with Crippen LogP contribution in [0.3, 0.4) is 0 Å². The third-order valence-electron chi connectivity index (χ3n) is 2.43. The van der Waals surface area contributed by atoms with Gasteiger partial charge in [0.05, 0.1) is 5.69 Å². The Morgan fingerprint density at radius 3 is 2.65 bits per heavy atom. The number of hydrogen-bond donors (Lipinski definition) is 2. The second-order valence-electron chi connectivity index (χ2n) is 3.74. The number of amides is 1. The molecule has 0 bridgehead atoms. The minimum Gasteiger partial charge on any atom is -0.449 e. The van der Waals surface area contributed by atoms with Gasteiger partial charge >= 0.3 is 6.16 Å². The van der Waals surface area contributed by atoms with Crippen molar-refractivity contribution in [2.45, 2.75) is 27.3 Å². The molecule has 0 fully saturated rings. The van der Waals surface area contributed by atoms with Crippen LogP contribution >= 0.6 is 0 Å². The molecule has 0 radical (unpaired) electrons. The Hall–Kier alpha value is -1.98. The summed E-state index contributed by atoms with van der Waals surface area (Å²) in [5.41, 5.74) is 1.62. The largest absolute Gasteiger partial charge is 0.511 e. The summed E-state index contributed by atoms with van der Waals surface area (Å²) in [5.74, 6) is 0.243. The van der Waals surface area contributed by atoms with E-state index in [9.17, 15) is 9.59 Å². The van der Waals surface area contributed by atoms with Crippen LogP contribution in [0.15, 0.2) is 6.07 Å². The van der Waals surface area contributed by atoms with Gasteiger partial charge in [0.1, 0.15) is 0 Å². The summed E-state index contributed by atoms with van der Waals surface area (Å²) in [6.45, 7) is 6.17. The van der Waals surface area contributed by atoms with Crippen LogP contribution in [0.2, 0.25) is 0 Å². The van der Waals surface area contributed by atoms with Crippen molar-refractivity contribution in [3.8, 4) is 5.75 Å². The molecule has 94 valence electrons. The van der Waals surface area contributed by atoms with Gasteiger partial charge in [-0.3, -0.25) is 4.79 Å². The monoisotopic (exact) mass is 240 g/mol. The predicted octanol–water partition coefficient (Wildman–Crippen LogP) is 1.30. The van der Waals surface area contributed by atoms with Crippen LogP contribution < -0.4 is 10.1 Å². The third kappa shape index (κ3) is 3.51. The average molecular weight is 240 g/mol. The van der Waals surface area contributed by atoms with Gasteiger partial charge in [-0.1, -0.05) is 0 Å². The molecule has 1 amide bonds. The van der Waals surface area contributed by atoms with E-state index >= 15 is 0 Å². The number of rotatable bonds is 4. The maximum Gasteiger partial charge on any atom is 0.511 e. The summed E-state index contributed by atoms with van der Waals surface area (Å²) in [4.78, 5) is 21.2. The van der Waals surface area contributed by atoms with Crippen LogP contribution in [0.4, 0.5) is 4.79 Å². The van der Waals surface area contributed by atoms with Crippen molar-refractivity contribution in [3.05, 3.63) is 17.5 Å². The first-order valence-electron chi connectivity index (χ1n) is 5.23. The number of ether oxygens (including phenoxy) is 1. The Balaban J connectivity index is 2.75. The molecule has 17 heavy (non-hydrogen) atoms. The topological polar surface area (TPSA) is 80.6 Å². The van der Waals surface area contributed by atoms with Gasteiger partial charge in [0.25, 0.3) is 0 Å². The summed E-state index contributed by atoms with van der Waals surface area (Å²) in [6, 6.07) is 1.66. The van der Waals surface area contributed by atoms with Gasteiger partial charge in [0, 0.05) is 31.8 Å². The van der Waals surface area contributed by atoms with E-state index in [0.29, 0.717) is 18.8 Å². The van der Waals surface area contributed by atoms with E-state index < -0.39 is 6.16 Å². The Kier molecular flexibility index (Phi) is 4.14. The molecule has 0 aliphatic heterocycles. The molecular formula is C11H16N2O4. The van der Waals surface area contributed by atoms with Crippen molar-refractivity contribution in [3.63, 3.8) is 0 Å². The molecule has 1 aromatic heterocycles. The lowest BCUT2D eigenvalue weighted by Crippen LogP contribution is -2.25. The Morgan fingerprint density at radius 1 is 1.47 bits per heavy atom. The summed E-state index contributed by atoms with van der Waals surface area (Å²) in [7, 11) is 0. The SMILES string of the molecule is CC(=O)NCCn1c(C)cc(OC(=O)O)c1C. The molecule has 1 heterocycles. The quantitative estimate of drug-likeness (QED) is 0.777. The van der Waals surface area contributed by atoms with Crippen molar-refractivity contribution in [1.82, 2.24) is 9.88 Å². The van der Waals surface area contributed by atoms with Crippen LogP contribution in [0.5, 0.6) is 5.75 Å². The van der Waals surface area contributed by atoms with E-state index in [1.54, 1.807) is 13.0 Å². The first kappa shape index (κ1) is 13.1. The van der Waals surface area contributed by atoms with Gasteiger partial charge in [-0.25, -0.2) is 4.79 Å². The van der Waals surface area contributed by atoms with E-state index in [1.807, 2.05) is 11.5 Å². The number of nitrogens with one attached hydrogen (secondary N) is 1. The van der Waals surface area contributed by atoms with Crippen LogP contribution in [0.25, 0.3) is 0 Å². The van der Waals surface area contributed by atoms with Crippen molar-refractivity contribution >= 4 is 12.1 Å². The molecule has 0 unspecified atom stereocenters. The molecule has 1 rings (SSSR count). The lowest BCUT2D eigenvalue weighted by Gasteiger charge is -2.09. The van der Waals surface area contributed by atoms with Crippen LogP contribution in [0, 0.1) is 13.8 Å². The second-order valence-corrected chi connectivity index (χ2v) is 3.74. The average Bonchev–Trinajstić information content (AvgIpc) is 2.44. The lowest BCUT2D eigenvalue weighted by atomic mass is 10.4. The summed E-state index contributed by atoms with van der Waals surface area (Å²) < 4.78 is 6.54. The Bertz CT molecular complexity index is 437. The molecule has 0 aliphatic rings. The first-order valence-corrected chi connectivity index (χ1v) is 5.23. The van der Waals surface area contributed by atoms with Gasteiger partial charge in [-0.2, -0.15) is 0 Å². The highest BCUT2D eigenvalue weighted by Gasteiger charge is 2.12.